The number of rotatable bonds is 6. The molecule has 2 aromatic carbocycles. The average molecular weight is 438 g/mol. The predicted octanol–water partition coefficient (Wildman–Crippen LogP) is 4.45. The Morgan fingerprint density at radius 3 is 2.32 bits per heavy atom. The smallest absolute Gasteiger partial charge is 0.416 e. The van der Waals surface area contributed by atoms with Crippen molar-refractivity contribution in [2.24, 2.45) is 0 Å². The topological polar surface area (TPSA) is 120 Å². The fourth-order valence-electron chi connectivity index (χ4n) is 3.00. The Bertz CT molecular complexity index is 1150. The van der Waals surface area contributed by atoms with Crippen LogP contribution in [0.1, 0.15) is 24.1 Å². The van der Waals surface area contributed by atoms with Crippen molar-refractivity contribution in [1.29, 1.82) is 0 Å². The molecule has 1 atom stereocenters. The molecule has 31 heavy (non-hydrogen) atoms. The van der Waals surface area contributed by atoms with E-state index in [2.05, 4.69) is 15.3 Å². The molecule has 0 aliphatic carbocycles. The SMILES string of the molecule is COc1cc2nc(O)nc(NC(C)c3cc([N+](=O)[O-])cc(C(F)(F)F)c3)c2cc1OC. The molecule has 164 valence electrons. The minimum absolute atomic E-state index is 0.00764. The summed E-state index contributed by atoms with van der Waals surface area (Å²) < 4.78 is 50.0. The van der Waals surface area contributed by atoms with Crippen LogP contribution in [0.4, 0.5) is 24.7 Å². The van der Waals surface area contributed by atoms with Gasteiger partial charge in [-0.25, -0.2) is 0 Å². The van der Waals surface area contributed by atoms with Gasteiger partial charge < -0.3 is 19.9 Å². The van der Waals surface area contributed by atoms with Crippen LogP contribution < -0.4 is 14.8 Å². The van der Waals surface area contributed by atoms with E-state index in [9.17, 15) is 28.4 Å². The second kappa shape index (κ2) is 8.13. The van der Waals surface area contributed by atoms with Gasteiger partial charge in [-0.2, -0.15) is 23.1 Å². The first kappa shape index (κ1) is 21.9. The number of aromatic hydroxyl groups is 1. The standard InChI is InChI=1S/C19H17F3N4O5/c1-9(10-4-11(19(20,21)22)6-12(5-10)26(28)29)23-17-13-7-15(30-2)16(31-3)8-14(13)24-18(27)25-17/h4-9H,1-3H3,(H2,23,24,25,27). The molecule has 0 saturated heterocycles. The van der Waals surface area contributed by atoms with Crippen LogP contribution in [0.2, 0.25) is 0 Å². The van der Waals surface area contributed by atoms with E-state index in [1.54, 1.807) is 0 Å². The Labute approximate surface area is 173 Å². The van der Waals surface area contributed by atoms with Gasteiger partial charge in [0.2, 0.25) is 0 Å². The van der Waals surface area contributed by atoms with Gasteiger partial charge in [-0.3, -0.25) is 10.1 Å². The van der Waals surface area contributed by atoms with Gasteiger partial charge in [0.25, 0.3) is 5.69 Å². The normalized spacial score (nSPS) is 12.5. The van der Waals surface area contributed by atoms with E-state index in [1.165, 1.54) is 33.3 Å². The van der Waals surface area contributed by atoms with Crippen LogP contribution in [0, 0.1) is 10.1 Å². The van der Waals surface area contributed by atoms with E-state index in [0.717, 1.165) is 12.1 Å². The Kier molecular flexibility index (Phi) is 5.73. The highest BCUT2D eigenvalue weighted by Crippen LogP contribution is 2.37. The summed E-state index contributed by atoms with van der Waals surface area (Å²) in [6.45, 7) is 1.50. The van der Waals surface area contributed by atoms with Crippen molar-refractivity contribution < 1.29 is 32.7 Å². The van der Waals surface area contributed by atoms with Gasteiger partial charge >= 0.3 is 12.2 Å². The zero-order valence-electron chi connectivity index (χ0n) is 16.5. The number of benzene rings is 2. The van der Waals surface area contributed by atoms with Gasteiger partial charge in [-0.15, -0.1) is 0 Å². The average Bonchev–Trinajstić information content (AvgIpc) is 2.71. The van der Waals surface area contributed by atoms with Gasteiger partial charge in [-0.05, 0) is 24.6 Å². The number of nitrogens with zero attached hydrogens (tertiary/aromatic N) is 3. The number of aromatic nitrogens is 2. The Morgan fingerprint density at radius 2 is 1.74 bits per heavy atom. The van der Waals surface area contributed by atoms with Crippen LogP contribution >= 0.6 is 0 Å². The predicted molar refractivity (Wildman–Crippen MR) is 104 cm³/mol. The number of methoxy groups -OCH3 is 2. The fourth-order valence-corrected chi connectivity index (χ4v) is 3.00. The highest BCUT2D eigenvalue weighted by Gasteiger charge is 2.33. The third-order valence-electron chi connectivity index (χ3n) is 4.52. The van der Waals surface area contributed by atoms with Crippen molar-refractivity contribution in [2.45, 2.75) is 19.1 Å². The van der Waals surface area contributed by atoms with E-state index in [1.807, 2.05) is 0 Å². The highest BCUT2D eigenvalue weighted by atomic mass is 19.4. The lowest BCUT2D eigenvalue weighted by Crippen LogP contribution is -2.12. The number of ether oxygens (including phenoxy) is 2. The molecule has 3 rings (SSSR count). The first-order valence-electron chi connectivity index (χ1n) is 8.79. The van der Waals surface area contributed by atoms with Crippen LogP contribution in [-0.2, 0) is 6.18 Å². The molecule has 9 nitrogen and oxygen atoms in total. The monoisotopic (exact) mass is 438 g/mol. The summed E-state index contributed by atoms with van der Waals surface area (Å²) in [6, 6.07) is 3.95. The maximum absolute atomic E-state index is 13.2. The van der Waals surface area contributed by atoms with Crippen LogP contribution in [0.25, 0.3) is 10.9 Å². The number of hydrogen-bond acceptors (Lipinski definition) is 8. The van der Waals surface area contributed by atoms with Crippen molar-refractivity contribution >= 4 is 22.4 Å². The van der Waals surface area contributed by atoms with Gasteiger partial charge in [-0.1, -0.05) is 0 Å². The van der Waals surface area contributed by atoms with Gasteiger partial charge in [0.15, 0.2) is 11.5 Å². The Hall–Kier alpha value is -3.83. The number of hydrogen-bond donors (Lipinski definition) is 2. The zero-order chi connectivity index (χ0) is 22.9. The first-order valence-corrected chi connectivity index (χ1v) is 8.79. The number of nitrogens with one attached hydrogen (secondary N) is 1. The molecule has 0 fully saturated rings. The van der Waals surface area contributed by atoms with Crippen molar-refractivity contribution in [2.75, 3.05) is 19.5 Å². The van der Waals surface area contributed by atoms with Gasteiger partial charge in [0, 0.05) is 23.6 Å². The maximum atomic E-state index is 13.2. The van der Waals surface area contributed by atoms with E-state index in [-0.39, 0.29) is 16.9 Å². The number of nitro benzene ring substituents is 1. The molecule has 1 heterocycles. The molecule has 1 aromatic heterocycles. The van der Waals surface area contributed by atoms with Crippen molar-refractivity contribution in [1.82, 2.24) is 9.97 Å². The van der Waals surface area contributed by atoms with Crippen LogP contribution in [0.3, 0.4) is 0 Å². The molecule has 0 spiro atoms. The molecule has 12 heteroatoms. The summed E-state index contributed by atoms with van der Waals surface area (Å²) in [6.07, 6.45) is -4.76. The minimum Gasteiger partial charge on any atom is -0.493 e. The number of halogens is 3. The van der Waals surface area contributed by atoms with E-state index < -0.39 is 34.4 Å². The lowest BCUT2D eigenvalue weighted by atomic mass is 10.0. The summed E-state index contributed by atoms with van der Waals surface area (Å²) in [7, 11) is 2.84. The molecule has 0 amide bonds. The number of non-ortho nitro benzene ring substituents is 1. The van der Waals surface area contributed by atoms with Gasteiger partial charge in [0.1, 0.15) is 5.82 Å². The van der Waals surface area contributed by atoms with Crippen LogP contribution in [0.5, 0.6) is 17.5 Å². The third-order valence-corrected chi connectivity index (χ3v) is 4.52. The second-order valence-electron chi connectivity index (χ2n) is 6.53. The summed E-state index contributed by atoms with van der Waals surface area (Å²) in [4.78, 5) is 18.0. The largest absolute Gasteiger partial charge is 0.493 e. The van der Waals surface area contributed by atoms with E-state index in [4.69, 9.17) is 9.47 Å². The highest BCUT2D eigenvalue weighted by molar-refractivity contribution is 5.92. The molecule has 0 aliphatic rings. The molecule has 0 saturated carbocycles. The molecular weight excluding hydrogens is 421 g/mol. The minimum atomic E-state index is -4.76. The lowest BCUT2D eigenvalue weighted by Gasteiger charge is -2.18. The van der Waals surface area contributed by atoms with Crippen molar-refractivity contribution in [3.63, 3.8) is 0 Å². The number of nitro groups is 1. The lowest BCUT2D eigenvalue weighted by molar-refractivity contribution is -0.385. The molecule has 0 radical (unpaired) electrons. The summed E-state index contributed by atoms with van der Waals surface area (Å²) in [5.74, 6) is 0.784. The molecule has 0 bridgehead atoms. The second-order valence-corrected chi connectivity index (χ2v) is 6.53. The van der Waals surface area contributed by atoms with E-state index >= 15 is 0 Å². The van der Waals surface area contributed by atoms with Crippen molar-refractivity contribution in [3.05, 3.63) is 51.6 Å². The summed E-state index contributed by atoms with van der Waals surface area (Å²) in [5.41, 5.74) is -1.55. The van der Waals surface area contributed by atoms with Crippen LogP contribution in [-0.4, -0.2) is 34.2 Å². The molecule has 2 N–H and O–H groups in total. The number of fused-ring (bicyclic) bond motifs is 1. The Balaban J connectivity index is 2.08. The Morgan fingerprint density at radius 1 is 1.10 bits per heavy atom. The summed E-state index contributed by atoms with van der Waals surface area (Å²) in [5, 5.41) is 24.3. The number of anilines is 1. The molecule has 0 aliphatic heterocycles. The quantitative estimate of drug-likeness (QED) is 0.428. The van der Waals surface area contributed by atoms with E-state index in [0.29, 0.717) is 23.0 Å². The molecular formula is C19H17F3N4O5. The van der Waals surface area contributed by atoms with Gasteiger partial charge in [0.05, 0.1) is 36.3 Å². The van der Waals surface area contributed by atoms with Crippen LogP contribution in [0.15, 0.2) is 30.3 Å². The summed E-state index contributed by atoms with van der Waals surface area (Å²) >= 11 is 0. The third kappa shape index (κ3) is 4.52. The first-order chi connectivity index (χ1) is 14.5. The molecule has 1 unspecified atom stereocenters. The zero-order valence-corrected chi connectivity index (χ0v) is 16.5. The molecule has 3 aromatic rings. The fraction of sp³-hybridized carbons (Fsp3) is 0.263. The maximum Gasteiger partial charge on any atom is 0.416 e. The number of alkyl halides is 3. The van der Waals surface area contributed by atoms with Crippen molar-refractivity contribution in [3.8, 4) is 17.5 Å².